The lowest BCUT2D eigenvalue weighted by Crippen LogP contribution is -2.20. The van der Waals surface area contributed by atoms with Gasteiger partial charge in [-0.3, -0.25) is 9.82 Å². The van der Waals surface area contributed by atoms with Crippen molar-refractivity contribution >= 4 is 38.3 Å². The molecule has 1 saturated heterocycles. The molecule has 0 bridgehead atoms. The minimum Gasteiger partial charge on any atom is -0.495 e. The average molecular weight is 542 g/mol. The highest BCUT2D eigenvalue weighted by Crippen LogP contribution is 2.43. The molecule has 3 N–H and O–H groups in total. The van der Waals surface area contributed by atoms with Crippen molar-refractivity contribution in [3.05, 3.63) is 41.6 Å². The van der Waals surface area contributed by atoms with Gasteiger partial charge in [-0.15, -0.1) is 0 Å². The predicted octanol–water partition coefficient (Wildman–Crippen LogP) is 4.46. The van der Waals surface area contributed by atoms with E-state index in [1.165, 1.54) is 21.3 Å². The summed E-state index contributed by atoms with van der Waals surface area (Å²) >= 11 is 0. The van der Waals surface area contributed by atoms with Crippen LogP contribution in [0.1, 0.15) is 42.5 Å². The van der Waals surface area contributed by atoms with Crippen LogP contribution in [-0.2, 0) is 14.8 Å². The highest BCUT2D eigenvalue weighted by Gasteiger charge is 2.31. The van der Waals surface area contributed by atoms with E-state index >= 15 is 0 Å². The molecule has 2 aromatic heterocycles. The topological polar surface area (TPSA) is 150 Å². The predicted molar refractivity (Wildman–Crippen MR) is 138 cm³/mol. The molecule has 12 nitrogen and oxygen atoms in total. The van der Waals surface area contributed by atoms with E-state index in [0.717, 1.165) is 30.5 Å². The van der Waals surface area contributed by atoms with Crippen molar-refractivity contribution in [3.8, 4) is 17.2 Å². The Morgan fingerprint density at radius 3 is 2.29 bits per heavy atom. The first-order valence-electron chi connectivity index (χ1n) is 12.1. The summed E-state index contributed by atoms with van der Waals surface area (Å²) in [6, 6.07) is 8.59. The molecule has 1 atom stereocenters. The van der Waals surface area contributed by atoms with Crippen LogP contribution in [0.4, 0.5) is 17.3 Å². The first-order valence-corrected chi connectivity index (χ1v) is 13.6. The van der Waals surface area contributed by atoms with Gasteiger partial charge in [0.05, 0.1) is 50.8 Å². The number of H-pyrrole nitrogens is 1. The van der Waals surface area contributed by atoms with Crippen LogP contribution in [0.5, 0.6) is 17.2 Å². The quantitative estimate of drug-likeness (QED) is 0.263. The van der Waals surface area contributed by atoms with Crippen molar-refractivity contribution in [3.63, 3.8) is 0 Å². The third-order valence-electron chi connectivity index (χ3n) is 6.71. The number of sulfonamides is 1. The molecule has 2 fully saturated rings. The second-order valence-corrected chi connectivity index (χ2v) is 10.8. The van der Waals surface area contributed by atoms with E-state index in [-0.39, 0.29) is 28.3 Å². The van der Waals surface area contributed by atoms with Gasteiger partial charge < -0.3 is 28.8 Å². The largest absolute Gasteiger partial charge is 0.495 e. The standard InChI is InChI=1S/C25H27N5O7S/c1-33-20-10-15-19(11-17(20)26-23-12-16(27-28-23)13-4-5-13)37-29-25(15)30-38(31,32)24-21(34-2)8-14(9-22(24)35-3)18-6-7-36-18/h8-13,18H,4-7H2,1-3H3,(H,29,30)(H2,26,27,28). The lowest BCUT2D eigenvalue weighted by atomic mass is 10.0. The molecule has 1 saturated carbocycles. The van der Waals surface area contributed by atoms with Gasteiger partial charge in [-0.05, 0) is 36.6 Å². The van der Waals surface area contributed by atoms with Crippen molar-refractivity contribution in [1.82, 2.24) is 15.4 Å². The van der Waals surface area contributed by atoms with E-state index in [2.05, 4.69) is 25.4 Å². The zero-order valence-corrected chi connectivity index (χ0v) is 21.8. The van der Waals surface area contributed by atoms with Gasteiger partial charge >= 0.3 is 0 Å². The molecule has 1 unspecified atom stereocenters. The van der Waals surface area contributed by atoms with E-state index in [1.807, 2.05) is 6.07 Å². The lowest BCUT2D eigenvalue weighted by molar-refractivity contribution is -0.0529. The summed E-state index contributed by atoms with van der Waals surface area (Å²) in [5.74, 6) is 1.94. The van der Waals surface area contributed by atoms with Gasteiger partial charge in [-0.2, -0.15) is 5.10 Å². The zero-order valence-electron chi connectivity index (χ0n) is 21.0. The molecule has 13 heteroatoms. The monoisotopic (exact) mass is 541 g/mol. The summed E-state index contributed by atoms with van der Waals surface area (Å²) in [5.41, 5.74) is 2.75. The first kappa shape index (κ1) is 24.4. The van der Waals surface area contributed by atoms with Crippen LogP contribution in [0.2, 0.25) is 0 Å². The van der Waals surface area contributed by atoms with Gasteiger partial charge in [0.25, 0.3) is 10.0 Å². The van der Waals surface area contributed by atoms with Gasteiger partial charge in [0.15, 0.2) is 16.3 Å². The fourth-order valence-corrected chi connectivity index (χ4v) is 5.79. The number of ether oxygens (including phenoxy) is 4. The molecule has 6 rings (SSSR count). The third-order valence-corrected chi connectivity index (χ3v) is 8.11. The maximum absolute atomic E-state index is 13.6. The number of fused-ring (bicyclic) bond motifs is 1. The molecule has 38 heavy (non-hydrogen) atoms. The van der Waals surface area contributed by atoms with Crippen molar-refractivity contribution in [2.75, 3.05) is 38.0 Å². The van der Waals surface area contributed by atoms with Gasteiger partial charge in [0.1, 0.15) is 23.1 Å². The second kappa shape index (κ2) is 9.40. The third kappa shape index (κ3) is 4.37. The van der Waals surface area contributed by atoms with Crippen molar-refractivity contribution < 1.29 is 31.9 Å². The smallest absolute Gasteiger partial charge is 0.270 e. The molecule has 3 heterocycles. The fraction of sp³-hybridized carbons (Fsp3) is 0.360. The van der Waals surface area contributed by atoms with E-state index in [9.17, 15) is 8.42 Å². The summed E-state index contributed by atoms with van der Waals surface area (Å²) in [6.07, 6.45) is 3.00. The van der Waals surface area contributed by atoms with Crippen molar-refractivity contribution in [2.24, 2.45) is 0 Å². The van der Waals surface area contributed by atoms with E-state index in [1.54, 1.807) is 24.3 Å². The Balaban J connectivity index is 1.32. The minimum absolute atomic E-state index is 0.00193. The van der Waals surface area contributed by atoms with Crippen LogP contribution in [0.3, 0.4) is 0 Å². The number of aromatic nitrogens is 3. The summed E-state index contributed by atoms with van der Waals surface area (Å²) in [7, 11) is 0.121. The van der Waals surface area contributed by atoms with Crippen LogP contribution in [0.15, 0.2) is 39.8 Å². The summed E-state index contributed by atoms with van der Waals surface area (Å²) in [4.78, 5) is -0.155. The lowest BCUT2D eigenvalue weighted by Gasteiger charge is -2.28. The molecule has 0 spiro atoms. The Morgan fingerprint density at radius 2 is 1.68 bits per heavy atom. The fourth-order valence-electron chi connectivity index (χ4n) is 4.47. The molecule has 1 aliphatic carbocycles. The molecule has 2 aliphatic rings. The van der Waals surface area contributed by atoms with Gasteiger partial charge in [-0.1, -0.05) is 5.16 Å². The number of hydrogen-bond acceptors (Lipinski definition) is 10. The number of benzene rings is 2. The van der Waals surface area contributed by atoms with Crippen LogP contribution in [-0.4, -0.2) is 51.7 Å². The van der Waals surface area contributed by atoms with Crippen LogP contribution in [0.25, 0.3) is 11.0 Å². The average Bonchev–Trinajstić information content (AvgIpc) is 3.51. The number of aromatic amines is 1. The Labute approximate surface area is 218 Å². The molecular weight excluding hydrogens is 514 g/mol. The number of nitrogens with one attached hydrogen (secondary N) is 3. The number of anilines is 3. The Kier molecular flexibility index (Phi) is 6.03. The Bertz CT molecular complexity index is 1580. The maximum Gasteiger partial charge on any atom is 0.270 e. The van der Waals surface area contributed by atoms with Crippen LogP contribution in [0, 0.1) is 0 Å². The van der Waals surface area contributed by atoms with Gasteiger partial charge in [-0.25, -0.2) is 8.42 Å². The first-order chi connectivity index (χ1) is 18.4. The molecule has 0 radical (unpaired) electrons. The zero-order chi connectivity index (χ0) is 26.4. The number of hydrogen-bond donors (Lipinski definition) is 3. The van der Waals surface area contributed by atoms with E-state index in [4.69, 9.17) is 23.5 Å². The van der Waals surface area contributed by atoms with Crippen molar-refractivity contribution in [1.29, 1.82) is 0 Å². The Hall–Kier alpha value is -3.97. The molecule has 1 aliphatic heterocycles. The highest BCUT2D eigenvalue weighted by molar-refractivity contribution is 7.93. The normalized spacial score (nSPS) is 17.2. The van der Waals surface area contributed by atoms with E-state index < -0.39 is 10.0 Å². The number of methoxy groups -OCH3 is 3. The molecule has 4 aromatic rings. The molecule has 2 aromatic carbocycles. The molecule has 200 valence electrons. The minimum atomic E-state index is -4.20. The number of nitrogens with zero attached hydrogens (tertiary/aromatic N) is 2. The van der Waals surface area contributed by atoms with Gasteiger partial charge in [0.2, 0.25) is 0 Å². The van der Waals surface area contributed by atoms with Gasteiger partial charge in [0, 0.05) is 24.5 Å². The summed E-state index contributed by atoms with van der Waals surface area (Å²) in [6.45, 7) is 0.653. The summed E-state index contributed by atoms with van der Waals surface area (Å²) in [5, 5.41) is 15.0. The summed E-state index contributed by atoms with van der Waals surface area (Å²) < 4.78 is 57.1. The molecular formula is C25H27N5O7S. The highest BCUT2D eigenvalue weighted by atomic mass is 32.2. The van der Waals surface area contributed by atoms with E-state index in [0.29, 0.717) is 40.7 Å². The Morgan fingerprint density at radius 1 is 0.974 bits per heavy atom. The SMILES string of the molecule is COc1cc2c(NS(=O)(=O)c3c(OC)cc(C4CCO4)cc3OC)noc2cc1Nc1cc(C2CC2)n[nH]1. The van der Waals surface area contributed by atoms with Crippen LogP contribution < -0.4 is 24.2 Å². The van der Waals surface area contributed by atoms with Crippen LogP contribution >= 0.6 is 0 Å². The maximum atomic E-state index is 13.6. The number of rotatable bonds is 10. The second-order valence-electron chi connectivity index (χ2n) is 9.19. The molecule has 0 amide bonds. The van der Waals surface area contributed by atoms with Crippen molar-refractivity contribution in [2.45, 2.75) is 36.2 Å².